The summed E-state index contributed by atoms with van der Waals surface area (Å²) in [4.78, 5) is 11.7. The van der Waals surface area contributed by atoms with Gasteiger partial charge in [0.15, 0.2) is 0 Å². The maximum absolute atomic E-state index is 11.7. The van der Waals surface area contributed by atoms with Gasteiger partial charge in [0.2, 0.25) is 5.91 Å². The van der Waals surface area contributed by atoms with Gasteiger partial charge in [0.25, 0.3) is 0 Å². The second-order valence-electron chi connectivity index (χ2n) is 5.01. The number of hydrogen-bond donors (Lipinski definition) is 2. The average molecular weight is 263 g/mol. The number of benzene rings is 1. The molecule has 1 amide bonds. The molecule has 3 heteroatoms. The summed E-state index contributed by atoms with van der Waals surface area (Å²) in [6, 6.07) is 7.33. The largest absolute Gasteiger partial charge is 0.389 e. The van der Waals surface area contributed by atoms with E-state index in [2.05, 4.69) is 12.2 Å². The minimum Gasteiger partial charge on any atom is -0.389 e. The van der Waals surface area contributed by atoms with Gasteiger partial charge in [0.05, 0.1) is 6.10 Å². The molecule has 0 aliphatic heterocycles. The third-order valence-corrected chi connectivity index (χ3v) is 3.18. The van der Waals surface area contributed by atoms with E-state index in [1.54, 1.807) is 6.92 Å². The fourth-order valence-corrected chi connectivity index (χ4v) is 1.96. The van der Waals surface area contributed by atoms with Crippen LogP contribution in [0.25, 0.3) is 0 Å². The highest BCUT2D eigenvalue weighted by atomic mass is 16.3. The Balaban J connectivity index is 2.28. The first kappa shape index (κ1) is 15.7. The lowest BCUT2D eigenvalue weighted by atomic mass is 10.1. The number of rotatable bonds is 8. The lowest BCUT2D eigenvalue weighted by Crippen LogP contribution is -2.11. The molecular weight excluding hydrogens is 238 g/mol. The van der Waals surface area contributed by atoms with Gasteiger partial charge in [-0.05, 0) is 31.0 Å². The van der Waals surface area contributed by atoms with Crippen molar-refractivity contribution < 1.29 is 9.90 Å². The summed E-state index contributed by atoms with van der Waals surface area (Å²) in [7, 11) is 0. The predicted molar refractivity (Wildman–Crippen MR) is 79.1 cm³/mol. The van der Waals surface area contributed by atoms with Crippen LogP contribution in [0.3, 0.4) is 0 Å². The summed E-state index contributed by atoms with van der Waals surface area (Å²) in [6.07, 6.45) is 5.89. The normalized spacial score (nSPS) is 12.2. The zero-order valence-electron chi connectivity index (χ0n) is 12.0. The number of unbranched alkanes of at least 4 members (excludes halogenated alkanes) is 4. The first-order valence-electron chi connectivity index (χ1n) is 7.21. The van der Waals surface area contributed by atoms with Crippen molar-refractivity contribution in [2.24, 2.45) is 0 Å². The molecule has 3 nitrogen and oxygen atoms in total. The van der Waals surface area contributed by atoms with Crippen LogP contribution in [-0.2, 0) is 4.79 Å². The Labute approximate surface area is 116 Å². The fraction of sp³-hybridized carbons (Fsp3) is 0.562. The summed E-state index contributed by atoms with van der Waals surface area (Å²) in [6.45, 7) is 3.91. The van der Waals surface area contributed by atoms with Gasteiger partial charge >= 0.3 is 0 Å². The van der Waals surface area contributed by atoms with E-state index in [0.717, 1.165) is 24.1 Å². The van der Waals surface area contributed by atoms with Gasteiger partial charge in [-0.15, -0.1) is 0 Å². The molecule has 1 unspecified atom stereocenters. The standard InChI is InChI=1S/C16H25NO2/c1-3-4-5-6-7-8-16(19)17-15-11-9-14(10-12-15)13(2)18/h9-13,18H,3-8H2,1-2H3,(H,17,19). The number of anilines is 1. The summed E-state index contributed by atoms with van der Waals surface area (Å²) < 4.78 is 0. The molecule has 1 aromatic carbocycles. The first-order chi connectivity index (χ1) is 9.13. The van der Waals surface area contributed by atoms with Gasteiger partial charge in [0, 0.05) is 12.1 Å². The molecule has 0 heterocycles. The van der Waals surface area contributed by atoms with Crippen LogP contribution < -0.4 is 5.32 Å². The van der Waals surface area contributed by atoms with Crippen LogP contribution in [0, 0.1) is 0 Å². The summed E-state index contributed by atoms with van der Waals surface area (Å²) in [5.41, 5.74) is 1.65. The molecule has 0 radical (unpaired) electrons. The molecule has 19 heavy (non-hydrogen) atoms. The van der Waals surface area contributed by atoms with Gasteiger partial charge < -0.3 is 10.4 Å². The Morgan fingerprint density at radius 2 is 1.79 bits per heavy atom. The number of carbonyl (C=O) groups excluding carboxylic acids is 1. The number of aliphatic hydroxyl groups excluding tert-OH is 1. The Hall–Kier alpha value is -1.35. The van der Waals surface area contributed by atoms with Crippen molar-refractivity contribution >= 4 is 11.6 Å². The van der Waals surface area contributed by atoms with Gasteiger partial charge in [-0.2, -0.15) is 0 Å². The van der Waals surface area contributed by atoms with Crippen LogP contribution in [0.1, 0.15) is 64.0 Å². The SMILES string of the molecule is CCCCCCCC(=O)Nc1ccc(C(C)O)cc1. The van der Waals surface area contributed by atoms with Gasteiger partial charge in [-0.1, -0.05) is 44.7 Å². The fourth-order valence-electron chi connectivity index (χ4n) is 1.96. The third-order valence-electron chi connectivity index (χ3n) is 3.18. The van der Waals surface area contributed by atoms with Gasteiger partial charge in [-0.25, -0.2) is 0 Å². The Morgan fingerprint density at radius 3 is 2.37 bits per heavy atom. The first-order valence-corrected chi connectivity index (χ1v) is 7.21. The van der Waals surface area contributed by atoms with E-state index in [9.17, 15) is 9.90 Å². The van der Waals surface area contributed by atoms with Crippen LogP contribution >= 0.6 is 0 Å². The number of hydrogen-bond acceptors (Lipinski definition) is 2. The van der Waals surface area contributed by atoms with Gasteiger partial charge in [0.1, 0.15) is 0 Å². The van der Waals surface area contributed by atoms with Crippen molar-refractivity contribution in [2.45, 2.75) is 58.5 Å². The minimum atomic E-state index is -0.469. The van der Waals surface area contributed by atoms with E-state index in [0.29, 0.717) is 6.42 Å². The molecule has 0 aliphatic rings. The number of aliphatic hydroxyl groups is 1. The summed E-state index contributed by atoms with van der Waals surface area (Å²) in [5.74, 6) is 0.0706. The monoisotopic (exact) mass is 263 g/mol. The smallest absolute Gasteiger partial charge is 0.224 e. The number of amides is 1. The van der Waals surface area contributed by atoms with Gasteiger partial charge in [-0.3, -0.25) is 4.79 Å². The number of carbonyl (C=O) groups is 1. The maximum Gasteiger partial charge on any atom is 0.224 e. The highest BCUT2D eigenvalue weighted by Gasteiger charge is 2.04. The Morgan fingerprint density at radius 1 is 1.16 bits per heavy atom. The lowest BCUT2D eigenvalue weighted by Gasteiger charge is -2.08. The highest BCUT2D eigenvalue weighted by Crippen LogP contribution is 2.16. The molecule has 0 fully saturated rings. The van der Waals surface area contributed by atoms with Crippen molar-refractivity contribution in [1.29, 1.82) is 0 Å². The summed E-state index contributed by atoms with van der Waals surface area (Å²) in [5, 5.41) is 12.3. The molecule has 2 N–H and O–H groups in total. The molecule has 0 saturated carbocycles. The molecule has 1 aromatic rings. The highest BCUT2D eigenvalue weighted by molar-refractivity contribution is 5.90. The van der Waals surface area contributed by atoms with Crippen LogP contribution in [0.5, 0.6) is 0 Å². The van der Waals surface area contributed by atoms with Crippen molar-refractivity contribution in [3.63, 3.8) is 0 Å². The molecule has 1 atom stereocenters. The second-order valence-corrected chi connectivity index (χ2v) is 5.01. The van der Waals surface area contributed by atoms with Crippen LogP contribution in [0.4, 0.5) is 5.69 Å². The molecule has 0 aromatic heterocycles. The van der Waals surface area contributed by atoms with Crippen LogP contribution in [-0.4, -0.2) is 11.0 Å². The molecule has 0 spiro atoms. The van der Waals surface area contributed by atoms with E-state index < -0.39 is 6.10 Å². The molecule has 0 aliphatic carbocycles. The minimum absolute atomic E-state index is 0.0706. The van der Waals surface area contributed by atoms with Crippen LogP contribution in [0.15, 0.2) is 24.3 Å². The topological polar surface area (TPSA) is 49.3 Å². The predicted octanol–water partition coefficient (Wildman–Crippen LogP) is 4.04. The van der Waals surface area contributed by atoms with E-state index in [1.807, 2.05) is 24.3 Å². The molecule has 0 bridgehead atoms. The van der Waals surface area contributed by atoms with E-state index >= 15 is 0 Å². The van der Waals surface area contributed by atoms with Crippen molar-refractivity contribution in [1.82, 2.24) is 0 Å². The maximum atomic E-state index is 11.7. The Bertz CT molecular complexity index is 371. The zero-order chi connectivity index (χ0) is 14.1. The molecule has 1 rings (SSSR count). The third kappa shape index (κ3) is 6.39. The van der Waals surface area contributed by atoms with Crippen molar-refractivity contribution in [3.8, 4) is 0 Å². The number of nitrogens with one attached hydrogen (secondary N) is 1. The zero-order valence-corrected chi connectivity index (χ0v) is 12.0. The lowest BCUT2D eigenvalue weighted by molar-refractivity contribution is -0.116. The average Bonchev–Trinajstić information content (AvgIpc) is 2.39. The van der Waals surface area contributed by atoms with E-state index in [4.69, 9.17) is 0 Å². The summed E-state index contributed by atoms with van der Waals surface area (Å²) >= 11 is 0. The molecule has 0 saturated heterocycles. The molecule has 106 valence electrons. The van der Waals surface area contributed by atoms with E-state index in [-0.39, 0.29) is 5.91 Å². The van der Waals surface area contributed by atoms with Crippen LogP contribution in [0.2, 0.25) is 0 Å². The van der Waals surface area contributed by atoms with Crippen molar-refractivity contribution in [3.05, 3.63) is 29.8 Å². The Kier molecular flexibility index (Phi) is 7.19. The van der Waals surface area contributed by atoms with E-state index in [1.165, 1.54) is 19.3 Å². The molecular formula is C16H25NO2. The quantitative estimate of drug-likeness (QED) is 0.695. The second kappa shape index (κ2) is 8.70. The van der Waals surface area contributed by atoms with Crippen molar-refractivity contribution in [2.75, 3.05) is 5.32 Å².